The summed E-state index contributed by atoms with van der Waals surface area (Å²) in [5.74, 6) is 2.18. The second kappa shape index (κ2) is 10.7. The second-order valence-electron chi connectivity index (χ2n) is 8.85. The molecule has 2 aliphatic heterocycles. The number of quaternary nitrogens is 1. The number of nitrogens with zero attached hydrogens (tertiary/aromatic N) is 1. The first-order valence-electron chi connectivity index (χ1n) is 11.7. The molecule has 0 radical (unpaired) electrons. The van der Waals surface area contributed by atoms with Gasteiger partial charge in [-0.2, -0.15) is 0 Å². The summed E-state index contributed by atoms with van der Waals surface area (Å²) in [6, 6.07) is 16.4. The molecule has 2 aromatic rings. The number of hydrogen-bond donors (Lipinski definition) is 1. The van der Waals surface area contributed by atoms with E-state index < -0.39 is 0 Å². The fourth-order valence-electron chi connectivity index (χ4n) is 4.79. The first-order chi connectivity index (χ1) is 15.2. The number of carbonyl (C=O) groups excluding carboxylic acids is 1. The van der Waals surface area contributed by atoms with Gasteiger partial charge in [-0.3, -0.25) is 4.79 Å². The van der Waals surface area contributed by atoms with Crippen molar-refractivity contribution in [2.45, 2.75) is 45.3 Å². The third-order valence-electron chi connectivity index (χ3n) is 6.63. The smallest absolute Gasteiger partial charge is 0.226 e. The molecule has 0 saturated carbocycles. The van der Waals surface area contributed by atoms with Crippen molar-refractivity contribution in [3.05, 3.63) is 59.7 Å². The highest BCUT2D eigenvalue weighted by atomic mass is 16.5. The first kappa shape index (κ1) is 21.7. The van der Waals surface area contributed by atoms with E-state index in [2.05, 4.69) is 29.2 Å². The lowest BCUT2D eigenvalue weighted by atomic mass is 9.94. The molecule has 0 bridgehead atoms. The van der Waals surface area contributed by atoms with Crippen LogP contribution in [0.3, 0.4) is 0 Å². The number of ether oxygens (including phenoxy) is 2. The highest BCUT2D eigenvalue weighted by Gasteiger charge is 2.31. The second-order valence-corrected chi connectivity index (χ2v) is 8.85. The molecular weight excluding hydrogens is 388 g/mol. The zero-order chi connectivity index (χ0) is 21.5. The van der Waals surface area contributed by atoms with Crippen LogP contribution in [0.1, 0.15) is 43.2 Å². The number of methoxy groups -OCH3 is 1. The maximum absolute atomic E-state index is 12.8. The Hall–Kier alpha value is -2.53. The highest BCUT2D eigenvalue weighted by Crippen LogP contribution is 2.29. The van der Waals surface area contributed by atoms with E-state index in [1.807, 2.05) is 24.3 Å². The summed E-state index contributed by atoms with van der Waals surface area (Å²) < 4.78 is 11.6. The number of carbonyl (C=O) groups is 1. The SMILES string of the molecule is COc1cc(C[NH+]2CCC(C(=O)N3CCCCC3)CC2)ccc1OCc1ccccc1. The fraction of sp³-hybridized carbons (Fsp3) is 0.500. The van der Waals surface area contributed by atoms with E-state index in [4.69, 9.17) is 9.47 Å². The van der Waals surface area contributed by atoms with Gasteiger partial charge in [0.05, 0.1) is 20.2 Å². The Morgan fingerprint density at radius 1 is 0.968 bits per heavy atom. The van der Waals surface area contributed by atoms with Crippen molar-refractivity contribution < 1.29 is 19.2 Å². The lowest BCUT2D eigenvalue weighted by molar-refractivity contribution is -0.919. The quantitative estimate of drug-likeness (QED) is 0.744. The zero-order valence-electron chi connectivity index (χ0n) is 18.6. The monoisotopic (exact) mass is 423 g/mol. The van der Waals surface area contributed by atoms with Crippen LogP contribution in [0.2, 0.25) is 0 Å². The summed E-state index contributed by atoms with van der Waals surface area (Å²) >= 11 is 0. The van der Waals surface area contributed by atoms with Crippen LogP contribution in [0.5, 0.6) is 11.5 Å². The van der Waals surface area contributed by atoms with E-state index in [0.717, 1.165) is 62.6 Å². The minimum Gasteiger partial charge on any atom is -0.493 e. The van der Waals surface area contributed by atoms with Crippen LogP contribution in [-0.2, 0) is 17.9 Å². The van der Waals surface area contributed by atoms with Crippen molar-refractivity contribution >= 4 is 5.91 Å². The van der Waals surface area contributed by atoms with Gasteiger partial charge in [0, 0.05) is 37.4 Å². The Balaban J connectivity index is 1.29. The van der Waals surface area contributed by atoms with Crippen LogP contribution in [0.25, 0.3) is 0 Å². The van der Waals surface area contributed by atoms with E-state index >= 15 is 0 Å². The zero-order valence-corrected chi connectivity index (χ0v) is 18.6. The normalized spacial score (nSPS) is 21.5. The Morgan fingerprint density at radius 2 is 1.71 bits per heavy atom. The Bertz CT molecular complexity index is 841. The molecule has 2 fully saturated rings. The van der Waals surface area contributed by atoms with Gasteiger partial charge >= 0.3 is 0 Å². The molecule has 31 heavy (non-hydrogen) atoms. The number of amides is 1. The summed E-state index contributed by atoms with van der Waals surface area (Å²) in [6.45, 7) is 5.52. The number of piperidine rings is 2. The third kappa shape index (κ3) is 5.79. The molecule has 4 rings (SSSR count). The molecule has 5 heteroatoms. The number of hydrogen-bond acceptors (Lipinski definition) is 3. The van der Waals surface area contributed by atoms with Crippen LogP contribution in [0.4, 0.5) is 0 Å². The Morgan fingerprint density at radius 3 is 2.42 bits per heavy atom. The van der Waals surface area contributed by atoms with Crippen LogP contribution in [0.15, 0.2) is 48.5 Å². The van der Waals surface area contributed by atoms with Crippen LogP contribution in [0, 0.1) is 5.92 Å². The molecule has 1 amide bonds. The van der Waals surface area contributed by atoms with E-state index in [0.29, 0.717) is 12.5 Å². The number of rotatable bonds is 7. The van der Waals surface area contributed by atoms with E-state index in [1.165, 1.54) is 24.8 Å². The molecule has 1 N–H and O–H groups in total. The molecule has 2 heterocycles. The van der Waals surface area contributed by atoms with Crippen molar-refractivity contribution in [3.8, 4) is 11.5 Å². The molecule has 2 aliphatic rings. The average Bonchev–Trinajstić information content (AvgIpc) is 2.84. The molecule has 2 aromatic carbocycles. The predicted molar refractivity (Wildman–Crippen MR) is 121 cm³/mol. The standard InChI is InChI=1S/C26H34N2O3/c1-30-25-18-22(10-11-24(25)31-20-21-8-4-2-5-9-21)19-27-16-12-23(13-17-27)26(29)28-14-6-3-7-15-28/h2,4-5,8-11,18,23H,3,6-7,12-17,19-20H2,1H3/p+1. The van der Waals surface area contributed by atoms with Gasteiger partial charge in [0.1, 0.15) is 13.2 Å². The minimum atomic E-state index is 0.227. The highest BCUT2D eigenvalue weighted by molar-refractivity contribution is 5.79. The van der Waals surface area contributed by atoms with E-state index in [1.54, 1.807) is 12.0 Å². The number of likely N-dealkylation sites (tertiary alicyclic amines) is 2. The first-order valence-corrected chi connectivity index (χ1v) is 11.7. The van der Waals surface area contributed by atoms with Crippen LogP contribution in [-0.4, -0.2) is 44.1 Å². The van der Waals surface area contributed by atoms with Gasteiger partial charge in [0.2, 0.25) is 5.91 Å². The minimum absolute atomic E-state index is 0.227. The van der Waals surface area contributed by atoms with Gasteiger partial charge in [0.15, 0.2) is 11.5 Å². The van der Waals surface area contributed by atoms with Gasteiger partial charge in [-0.25, -0.2) is 0 Å². The molecule has 0 aliphatic carbocycles. The number of benzene rings is 2. The molecule has 2 saturated heterocycles. The molecule has 5 nitrogen and oxygen atoms in total. The Labute approximate surface area is 185 Å². The Kier molecular flexibility index (Phi) is 7.47. The predicted octanol–water partition coefficient (Wildman–Crippen LogP) is 3.08. The van der Waals surface area contributed by atoms with Gasteiger partial charge in [-0.1, -0.05) is 30.3 Å². The maximum atomic E-state index is 12.8. The van der Waals surface area contributed by atoms with Crippen molar-refractivity contribution in [1.29, 1.82) is 0 Å². The molecule has 166 valence electrons. The summed E-state index contributed by atoms with van der Waals surface area (Å²) in [6.07, 6.45) is 5.61. The van der Waals surface area contributed by atoms with Crippen molar-refractivity contribution in [1.82, 2.24) is 4.90 Å². The van der Waals surface area contributed by atoms with Gasteiger partial charge in [-0.15, -0.1) is 0 Å². The molecular formula is C26H35N2O3+. The van der Waals surface area contributed by atoms with Crippen molar-refractivity contribution in [2.24, 2.45) is 5.92 Å². The van der Waals surface area contributed by atoms with Crippen LogP contribution < -0.4 is 14.4 Å². The van der Waals surface area contributed by atoms with Gasteiger partial charge in [-0.05, 0) is 43.0 Å². The lowest BCUT2D eigenvalue weighted by Crippen LogP contribution is -3.11. The van der Waals surface area contributed by atoms with E-state index in [-0.39, 0.29) is 5.92 Å². The van der Waals surface area contributed by atoms with Crippen molar-refractivity contribution in [2.75, 3.05) is 33.3 Å². The maximum Gasteiger partial charge on any atom is 0.226 e. The fourth-order valence-corrected chi connectivity index (χ4v) is 4.79. The summed E-state index contributed by atoms with van der Waals surface area (Å²) in [4.78, 5) is 16.4. The summed E-state index contributed by atoms with van der Waals surface area (Å²) in [7, 11) is 1.69. The summed E-state index contributed by atoms with van der Waals surface area (Å²) in [5, 5.41) is 0. The molecule has 0 spiro atoms. The largest absolute Gasteiger partial charge is 0.493 e. The lowest BCUT2D eigenvalue weighted by Gasteiger charge is -2.34. The van der Waals surface area contributed by atoms with Crippen LogP contribution >= 0.6 is 0 Å². The third-order valence-corrected chi connectivity index (χ3v) is 6.63. The molecule has 0 aromatic heterocycles. The number of nitrogens with one attached hydrogen (secondary N) is 1. The summed E-state index contributed by atoms with van der Waals surface area (Å²) in [5.41, 5.74) is 2.39. The van der Waals surface area contributed by atoms with Crippen molar-refractivity contribution in [3.63, 3.8) is 0 Å². The molecule has 0 unspecified atom stereocenters. The molecule has 0 atom stereocenters. The average molecular weight is 424 g/mol. The topological polar surface area (TPSA) is 43.2 Å². The van der Waals surface area contributed by atoms with E-state index in [9.17, 15) is 4.79 Å². The van der Waals surface area contributed by atoms with Gasteiger partial charge < -0.3 is 19.3 Å². The van der Waals surface area contributed by atoms with Gasteiger partial charge in [0.25, 0.3) is 0 Å².